The van der Waals surface area contributed by atoms with Crippen molar-refractivity contribution >= 4 is 33.2 Å². The highest BCUT2D eigenvalue weighted by molar-refractivity contribution is 7.92. The van der Waals surface area contributed by atoms with Gasteiger partial charge in [0.15, 0.2) is 0 Å². The average Bonchev–Trinajstić information content (AvgIpc) is 2.55. The van der Waals surface area contributed by atoms with Gasteiger partial charge in [0.05, 0.1) is 5.75 Å². The van der Waals surface area contributed by atoms with E-state index < -0.39 is 10.0 Å². The number of rotatable bonds is 7. The number of anilines is 1. The number of aryl methyl sites for hydroxylation is 1. The number of hydrogen-bond acceptors (Lipinski definition) is 3. The Kier molecular flexibility index (Phi) is 6.23. The van der Waals surface area contributed by atoms with Crippen LogP contribution < -0.4 is 10.0 Å². The highest BCUT2D eigenvalue weighted by Gasteiger charge is 2.12. The molecule has 0 saturated carbocycles. The first kappa shape index (κ1) is 18.3. The number of hydrogen-bond donors (Lipinski definition) is 2. The molecule has 0 fully saturated rings. The van der Waals surface area contributed by atoms with E-state index in [9.17, 15) is 13.2 Å². The quantitative estimate of drug-likeness (QED) is 0.790. The van der Waals surface area contributed by atoms with Crippen molar-refractivity contribution in [2.75, 3.05) is 17.0 Å². The molecule has 2 aromatic rings. The van der Waals surface area contributed by atoms with Crippen LogP contribution in [0.4, 0.5) is 5.69 Å². The van der Waals surface area contributed by atoms with E-state index in [1.807, 2.05) is 13.0 Å². The molecule has 2 aromatic carbocycles. The monoisotopic (exact) mass is 366 g/mol. The first-order chi connectivity index (χ1) is 11.4. The molecular weight excluding hydrogens is 348 g/mol. The largest absolute Gasteiger partial charge is 0.352 e. The van der Waals surface area contributed by atoms with E-state index in [-0.39, 0.29) is 11.7 Å². The summed E-state index contributed by atoms with van der Waals surface area (Å²) < 4.78 is 26.8. The normalized spacial score (nSPS) is 11.1. The molecule has 5 nitrogen and oxygen atoms in total. The van der Waals surface area contributed by atoms with E-state index in [0.29, 0.717) is 29.2 Å². The van der Waals surface area contributed by atoms with E-state index in [1.165, 1.54) is 0 Å². The minimum absolute atomic E-state index is 0.0746. The second-order valence-electron chi connectivity index (χ2n) is 5.20. The molecule has 0 aromatic heterocycles. The topological polar surface area (TPSA) is 75.3 Å². The lowest BCUT2D eigenvalue weighted by molar-refractivity contribution is 0.0956. The van der Waals surface area contributed by atoms with Crippen LogP contribution in [0.15, 0.2) is 48.5 Å². The summed E-state index contributed by atoms with van der Waals surface area (Å²) in [4.78, 5) is 11.7. The van der Waals surface area contributed by atoms with E-state index in [2.05, 4.69) is 10.0 Å². The van der Waals surface area contributed by atoms with Crippen molar-refractivity contribution in [1.82, 2.24) is 5.32 Å². The zero-order chi connectivity index (χ0) is 17.6. The summed E-state index contributed by atoms with van der Waals surface area (Å²) >= 11 is 6.03. The standard InChI is InChI=1S/C17H19ClN2O3S/c1-2-19-17(21)14-7-9-15(10-8-14)20-24(22,23)12-11-13-5-3-4-6-16(13)18/h3-10,20H,2,11-12H2,1H3,(H,19,21). The molecule has 2 rings (SSSR count). The predicted molar refractivity (Wildman–Crippen MR) is 97.0 cm³/mol. The molecule has 7 heteroatoms. The van der Waals surface area contributed by atoms with Crippen molar-refractivity contribution in [1.29, 1.82) is 0 Å². The molecule has 0 heterocycles. The minimum Gasteiger partial charge on any atom is -0.352 e. The van der Waals surface area contributed by atoms with Gasteiger partial charge in [-0.25, -0.2) is 8.42 Å². The maximum atomic E-state index is 12.2. The van der Waals surface area contributed by atoms with Crippen LogP contribution in [-0.2, 0) is 16.4 Å². The Morgan fingerprint density at radius 1 is 1.08 bits per heavy atom. The molecule has 1 amide bonds. The maximum Gasteiger partial charge on any atom is 0.251 e. The van der Waals surface area contributed by atoms with E-state index in [0.717, 1.165) is 5.56 Å². The van der Waals surface area contributed by atoms with Gasteiger partial charge in [-0.1, -0.05) is 29.8 Å². The van der Waals surface area contributed by atoms with Gasteiger partial charge in [0.1, 0.15) is 0 Å². The van der Waals surface area contributed by atoms with Crippen molar-refractivity contribution < 1.29 is 13.2 Å². The van der Waals surface area contributed by atoms with Crippen LogP contribution in [-0.4, -0.2) is 26.6 Å². The van der Waals surface area contributed by atoms with E-state index in [1.54, 1.807) is 42.5 Å². The summed E-state index contributed by atoms with van der Waals surface area (Å²) in [5.74, 6) is -0.264. The average molecular weight is 367 g/mol. The Hall–Kier alpha value is -2.05. The van der Waals surface area contributed by atoms with Gasteiger partial charge in [-0.15, -0.1) is 0 Å². The van der Waals surface area contributed by atoms with Crippen LogP contribution in [0.25, 0.3) is 0 Å². The van der Waals surface area contributed by atoms with Crippen LogP contribution in [0.2, 0.25) is 5.02 Å². The summed E-state index contributed by atoms with van der Waals surface area (Å²) in [6, 6.07) is 13.5. The number of carbonyl (C=O) groups excluding carboxylic acids is 1. The second-order valence-corrected chi connectivity index (χ2v) is 7.45. The molecule has 0 bridgehead atoms. The number of amides is 1. The van der Waals surface area contributed by atoms with Gasteiger partial charge in [0.2, 0.25) is 10.0 Å². The predicted octanol–water partition coefficient (Wildman–Crippen LogP) is 3.07. The summed E-state index contributed by atoms with van der Waals surface area (Å²) in [7, 11) is -3.50. The van der Waals surface area contributed by atoms with Gasteiger partial charge in [0.25, 0.3) is 5.91 Å². The third kappa shape index (κ3) is 5.25. The Balaban J connectivity index is 1.99. The van der Waals surface area contributed by atoms with Gasteiger partial charge < -0.3 is 5.32 Å². The van der Waals surface area contributed by atoms with Crippen molar-refractivity contribution in [2.45, 2.75) is 13.3 Å². The first-order valence-electron chi connectivity index (χ1n) is 7.53. The molecule has 0 aliphatic rings. The zero-order valence-corrected chi connectivity index (χ0v) is 14.8. The maximum absolute atomic E-state index is 12.2. The SMILES string of the molecule is CCNC(=O)c1ccc(NS(=O)(=O)CCc2ccccc2Cl)cc1. The van der Waals surface area contributed by atoms with Crippen LogP contribution in [0.3, 0.4) is 0 Å². The van der Waals surface area contributed by atoms with Crippen LogP contribution in [0.5, 0.6) is 0 Å². The molecule has 0 atom stereocenters. The number of carbonyl (C=O) groups is 1. The van der Waals surface area contributed by atoms with Crippen LogP contribution in [0, 0.1) is 0 Å². The molecule has 0 aliphatic heterocycles. The lowest BCUT2D eigenvalue weighted by Crippen LogP contribution is -2.22. The smallest absolute Gasteiger partial charge is 0.251 e. The Morgan fingerprint density at radius 2 is 1.75 bits per heavy atom. The fourth-order valence-corrected chi connectivity index (χ4v) is 3.44. The van der Waals surface area contributed by atoms with Gasteiger partial charge in [0, 0.05) is 22.8 Å². The molecule has 0 spiro atoms. The number of benzene rings is 2. The number of halogens is 1. The highest BCUT2D eigenvalue weighted by Crippen LogP contribution is 2.17. The van der Waals surface area contributed by atoms with E-state index >= 15 is 0 Å². The van der Waals surface area contributed by atoms with E-state index in [4.69, 9.17) is 11.6 Å². The molecule has 0 aliphatic carbocycles. The lowest BCUT2D eigenvalue weighted by Gasteiger charge is -2.09. The van der Waals surface area contributed by atoms with Gasteiger partial charge in [-0.3, -0.25) is 9.52 Å². The fourth-order valence-electron chi connectivity index (χ4n) is 2.13. The fraction of sp³-hybridized carbons (Fsp3) is 0.235. The van der Waals surface area contributed by atoms with Crippen molar-refractivity contribution in [3.8, 4) is 0 Å². The molecular formula is C17H19ClN2O3S. The summed E-state index contributed by atoms with van der Waals surface area (Å²) in [6.45, 7) is 2.37. The molecule has 0 saturated heterocycles. The number of nitrogens with one attached hydrogen (secondary N) is 2. The first-order valence-corrected chi connectivity index (χ1v) is 9.56. The third-order valence-corrected chi connectivity index (χ3v) is 5.01. The Bertz CT molecular complexity index is 805. The lowest BCUT2D eigenvalue weighted by atomic mass is 10.2. The summed E-state index contributed by atoms with van der Waals surface area (Å²) in [5.41, 5.74) is 1.69. The summed E-state index contributed by atoms with van der Waals surface area (Å²) in [5, 5.41) is 3.24. The zero-order valence-electron chi connectivity index (χ0n) is 13.3. The van der Waals surface area contributed by atoms with Crippen LogP contribution in [0.1, 0.15) is 22.8 Å². The molecule has 24 heavy (non-hydrogen) atoms. The minimum atomic E-state index is -3.50. The summed E-state index contributed by atoms with van der Waals surface area (Å²) in [6.07, 6.45) is 0.325. The number of sulfonamides is 1. The van der Waals surface area contributed by atoms with Gasteiger partial charge >= 0.3 is 0 Å². The van der Waals surface area contributed by atoms with Crippen molar-refractivity contribution in [2.24, 2.45) is 0 Å². The second kappa shape index (κ2) is 8.17. The van der Waals surface area contributed by atoms with Gasteiger partial charge in [-0.05, 0) is 49.2 Å². The van der Waals surface area contributed by atoms with Gasteiger partial charge in [-0.2, -0.15) is 0 Å². The highest BCUT2D eigenvalue weighted by atomic mass is 35.5. The van der Waals surface area contributed by atoms with Crippen LogP contribution >= 0.6 is 11.6 Å². The molecule has 2 N–H and O–H groups in total. The molecule has 0 radical (unpaired) electrons. The molecule has 128 valence electrons. The Morgan fingerprint density at radius 3 is 2.38 bits per heavy atom. The Labute approximate surface area is 147 Å². The van der Waals surface area contributed by atoms with Crippen molar-refractivity contribution in [3.05, 3.63) is 64.7 Å². The van der Waals surface area contributed by atoms with Crippen molar-refractivity contribution in [3.63, 3.8) is 0 Å². The third-order valence-electron chi connectivity index (χ3n) is 3.36. The molecule has 0 unspecified atom stereocenters.